The molecule has 1 aromatic heterocycles. The minimum absolute atomic E-state index is 0.0168. The molecule has 142 valence electrons. The van der Waals surface area contributed by atoms with Crippen LogP contribution < -0.4 is 0 Å². The zero-order valence-corrected chi connectivity index (χ0v) is 15.4. The molecule has 2 fully saturated rings. The Balaban J connectivity index is 1.49. The molecule has 0 N–H and O–H groups in total. The molecule has 4 heteroatoms. The molecule has 0 bridgehead atoms. The minimum atomic E-state index is -2.51. The molecule has 2 aromatic rings. The van der Waals surface area contributed by atoms with E-state index in [9.17, 15) is 13.2 Å². The van der Waals surface area contributed by atoms with E-state index in [1.165, 1.54) is 12.1 Å². The number of hydrogen-bond donors (Lipinski definition) is 0. The lowest BCUT2D eigenvalue weighted by Crippen LogP contribution is -2.32. The Morgan fingerprint density at radius 3 is 2.74 bits per heavy atom. The van der Waals surface area contributed by atoms with Gasteiger partial charge in [0.25, 0.3) is 0 Å². The normalized spacial score (nSPS) is 29.8. The van der Waals surface area contributed by atoms with Crippen LogP contribution in [0.15, 0.2) is 48.7 Å². The van der Waals surface area contributed by atoms with Gasteiger partial charge in [0.2, 0.25) is 5.92 Å². The highest BCUT2D eigenvalue weighted by Crippen LogP contribution is 2.53. The van der Waals surface area contributed by atoms with Crippen LogP contribution in [0.1, 0.15) is 38.3 Å². The number of pyridine rings is 1. The Bertz CT molecular complexity index is 828. The molecule has 0 spiro atoms. The van der Waals surface area contributed by atoms with Gasteiger partial charge in [-0.05, 0) is 66.4 Å². The number of nitrogens with zero attached hydrogens (tertiary/aromatic N) is 1. The molecule has 0 amide bonds. The number of fused-ring (bicyclic) bond motifs is 1. The van der Waals surface area contributed by atoms with Crippen molar-refractivity contribution >= 4 is 6.08 Å². The van der Waals surface area contributed by atoms with E-state index in [0.717, 1.165) is 23.2 Å². The fourth-order valence-electron chi connectivity index (χ4n) is 4.91. The van der Waals surface area contributed by atoms with Crippen molar-refractivity contribution in [1.29, 1.82) is 0 Å². The van der Waals surface area contributed by atoms with Gasteiger partial charge in [-0.25, -0.2) is 13.2 Å². The van der Waals surface area contributed by atoms with Crippen molar-refractivity contribution in [1.82, 2.24) is 4.98 Å². The first-order chi connectivity index (χ1) is 12.9. The second-order valence-electron chi connectivity index (χ2n) is 8.15. The van der Waals surface area contributed by atoms with Crippen molar-refractivity contribution in [3.63, 3.8) is 0 Å². The van der Waals surface area contributed by atoms with E-state index in [-0.39, 0.29) is 30.5 Å². The average Bonchev–Trinajstić information content (AvgIpc) is 2.94. The summed E-state index contributed by atoms with van der Waals surface area (Å²) in [5, 5.41) is 0. The maximum Gasteiger partial charge on any atom is 0.248 e. The summed E-state index contributed by atoms with van der Waals surface area (Å²) in [5.41, 5.74) is 2.44. The van der Waals surface area contributed by atoms with E-state index in [0.29, 0.717) is 18.3 Å². The van der Waals surface area contributed by atoms with Crippen molar-refractivity contribution in [2.75, 3.05) is 0 Å². The highest BCUT2D eigenvalue weighted by Gasteiger charge is 2.48. The van der Waals surface area contributed by atoms with Gasteiger partial charge in [-0.2, -0.15) is 0 Å². The molecule has 27 heavy (non-hydrogen) atoms. The largest absolute Gasteiger partial charge is 0.256 e. The molecule has 2 saturated carbocycles. The third-order valence-corrected chi connectivity index (χ3v) is 6.28. The number of halogens is 3. The predicted octanol–water partition coefficient (Wildman–Crippen LogP) is 6.61. The molecule has 0 saturated heterocycles. The van der Waals surface area contributed by atoms with Gasteiger partial charge in [0.1, 0.15) is 5.82 Å². The summed E-state index contributed by atoms with van der Waals surface area (Å²) in [4.78, 5) is 4.45. The van der Waals surface area contributed by atoms with E-state index in [1.54, 1.807) is 12.3 Å². The molecule has 4 atom stereocenters. The summed E-state index contributed by atoms with van der Waals surface area (Å²) in [6.07, 6.45) is 7.51. The number of allylic oxidation sites excluding steroid dienone is 1. The lowest BCUT2D eigenvalue weighted by Gasteiger charge is -2.33. The Labute approximate surface area is 158 Å². The minimum Gasteiger partial charge on any atom is -0.256 e. The van der Waals surface area contributed by atoms with E-state index in [2.05, 4.69) is 18.0 Å². The van der Waals surface area contributed by atoms with Gasteiger partial charge in [-0.15, -0.1) is 0 Å². The summed E-state index contributed by atoms with van der Waals surface area (Å²) in [7, 11) is 0. The van der Waals surface area contributed by atoms with Gasteiger partial charge in [-0.3, -0.25) is 4.98 Å². The van der Waals surface area contributed by atoms with Crippen LogP contribution in [-0.4, -0.2) is 10.9 Å². The molecule has 1 aromatic carbocycles. The van der Waals surface area contributed by atoms with Gasteiger partial charge >= 0.3 is 0 Å². The van der Waals surface area contributed by atoms with Gasteiger partial charge in [0, 0.05) is 24.6 Å². The monoisotopic (exact) mass is 371 g/mol. The predicted molar refractivity (Wildman–Crippen MR) is 102 cm³/mol. The fraction of sp³-hybridized carbons (Fsp3) is 0.435. The van der Waals surface area contributed by atoms with Crippen molar-refractivity contribution in [2.45, 2.75) is 38.5 Å². The second-order valence-corrected chi connectivity index (χ2v) is 8.15. The zero-order valence-electron chi connectivity index (χ0n) is 15.4. The standard InChI is InChI=1S/C23H24F3N/c1-15-11-17-9-10-23(25,26)13-22(17)21(15)8-7-20-6-5-18(14-27-20)16-3-2-4-19(24)12-16/h2-8,12,14-15,17,21-22H,9-11,13H2,1H3/b8-7+/t15-,17+,21+,22+/m0/s1. The first kappa shape index (κ1) is 18.3. The Morgan fingerprint density at radius 2 is 2.00 bits per heavy atom. The summed E-state index contributed by atoms with van der Waals surface area (Å²) in [6, 6.07) is 10.2. The Hall–Kier alpha value is -2.10. The Morgan fingerprint density at radius 1 is 1.15 bits per heavy atom. The topological polar surface area (TPSA) is 12.9 Å². The third kappa shape index (κ3) is 3.95. The first-order valence-corrected chi connectivity index (χ1v) is 9.69. The van der Waals surface area contributed by atoms with Gasteiger partial charge in [0.05, 0.1) is 5.69 Å². The molecule has 0 aliphatic heterocycles. The fourth-order valence-corrected chi connectivity index (χ4v) is 4.91. The molecule has 0 radical (unpaired) electrons. The number of alkyl halides is 2. The van der Waals surface area contributed by atoms with Crippen molar-refractivity contribution in [3.05, 3.63) is 60.2 Å². The quantitative estimate of drug-likeness (QED) is 0.592. The van der Waals surface area contributed by atoms with Crippen LogP contribution in [0.3, 0.4) is 0 Å². The van der Waals surface area contributed by atoms with E-state index < -0.39 is 5.92 Å². The van der Waals surface area contributed by atoms with Crippen molar-refractivity contribution in [3.8, 4) is 11.1 Å². The lowest BCUT2D eigenvalue weighted by atomic mass is 9.76. The summed E-state index contributed by atoms with van der Waals surface area (Å²) in [5.74, 6) is -1.67. The number of hydrogen-bond acceptors (Lipinski definition) is 1. The molecule has 2 aliphatic carbocycles. The Kier molecular flexibility index (Phi) is 4.83. The van der Waals surface area contributed by atoms with Crippen LogP contribution in [0.5, 0.6) is 0 Å². The summed E-state index contributed by atoms with van der Waals surface area (Å²) < 4.78 is 41.1. The number of rotatable bonds is 3. The first-order valence-electron chi connectivity index (χ1n) is 9.69. The smallest absolute Gasteiger partial charge is 0.248 e. The van der Waals surface area contributed by atoms with Crippen LogP contribution in [-0.2, 0) is 0 Å². The SMILES string of the molecule is C[C@H]1C[C@H]2CCC(F)(F)C[C@H]2[C@@H]1/C=C/c1ccc(-c2cccc(F)c2)cn1. The average molecular weight is 371 g/mol. The third-order valence-electron chi connectivity index (χ3n) is 6.28. The van der Waals surface area contributed by atoms with Gasteiger partial charge < -0.3 is 0 Å². The molecule has 1 heterocycles. The van der Waals surface area contributed by atoms with Gasteiger partial charge in [0.15, 0.2) is 0 Å². The number of aromatic nitrogens is 1. The molecular weight excluding hydrogens is 347 g/mol. The second kappa shape index (κ2) is 7.14. The lowest BCUT2D eigenvalue weighted by molar-refractivity contribution is -0.0678. The molecule has 0 unspecified atom stereocenters. The van der Waals surface area contributed by atoms with E-state index >= 15 is 0 Å². The molecular formula is C23H24F3N. The van der Waals surface area contributed by atoms with Crippen LogP contribution in [0.2, 0.25) is 0 Å². The zero-order chi connectivity index (χ0) is 19.0. The molecule has 1 nitrogen and oxygen atoms in total. The summed E-state index contributed by atoms with van der Waals surface area (Å²) in [6.45, 7) is 2.17. The van der Waals surface area contributed by atoms with Crippen LogP contribution in [0, 0.1) is 29.5 Å². The van der Waals surface area contributed by atoms with Crippen molar-refractivity contribution < 1.29 is 13.2 Å². The van der Waals surface area contributed by atoms with Crippen LogP contribution >= 0.6 is 0 Å². The highest BCUT2D eigenvalue weighted by atomic mass is 19.3. The maximum absolute atomic E-state index is 13.9. The van der Waals surface area contributed by atoms with Crippen molar-refractivity contribution in [2.24, 2.45) is 23.7 Å². The van der Waals surface area contributed by atoms with Crippen LogP contribution in [0.25, 0.3) is 17.2 Å². The van der Waals surface area contributed by atoms with E-state index in [1.807, 2.05) is 24.3 Å². The van der Waals surface area contributed by atoms with Crippen LogP contribution in [0.4, 0.5) is 13.2 Å². The number of benzene rings is 1. The van der Waals surface area contributed by atoms with E-state index in [4.69, 9.17) is 0 Å². The summed E-state index contributed by atoms with van der Waals surface area (Å²) >= 11 is 0. The maximum atomic E-state index is 13.9. The molecule has 2 aliphatic rings. The molecule has 4 rings (SSSR count). The van der Waals surface area contributed by atoms with Gasteiger partial charge in [-0.1, -0.05) is 31.2 Å². The highest BCUT2D eigenvalue weighted by molar-refractivity contribution is 5.63.